The molecule has 1 N–H and O–H groups in total. The first-order valence-electron chi connectivity index (χ1n) is 6.75. The fourth-order valence-corrected chi connectivity index (χ4v) is 3.42. The van der Waals surface area contributed by atoms with Crippen LogP contribution in [-0.2, 0) is 0 Å². The minimum absolute atomic E-state index is 0.0633. The standard InChI is InChI=1S/C15H13Br2N3O3S/c1-4-23-13-9(22-2)5-7(10(16)11(13)17)12-8(6-18)14(21)20-15(19-12)24-3/h5H,4H2,1-3H3,(H,19,20,21). The lowest BCUT2D eigenvalue weighted by Gasteiger charge is -2.16. The van der Waals surface area contributed by atoms with Crippen molar-refractivity contribution in [1.29, 1.82) is 5.26 Å². The van der Waals surface area contributed by atoms with Crippen LogP contribution in [0.2, 0.25) is 0 Å². The van der Waals surface area contributed by atoms with E-state index in [4.69, 9.17) is 9.47 Å². The highest BCUT2D eigenvalue weighted by Gasteiger charge is 2.22. The first-order chi connectivity index (χ1) is 11.5. The molecule has 0 spiro atoms. The summed E-state index contributed by atoms with van der Waals surface area (Å²) in [6, 6.07) is 3.60. The molecule has 0 saturated carbocycles. The van der Waals surface area contributed by atoms with E-state index in [1.165, 1.54) is 18.9 Å². The average Bonchev–Trinajstić information content (AvgIpc) is 2.58. The smallest absolute Gasteiger partial charge is 0.270 e. The summed E-state index contributed by atoms with van der Waals surface area (Å²) < 4.78 is 12.2. The van der Waals surface area contributed by atoms with Crippen molar-refractivity contribution in [3.8, 4) is 28.8 Å². The summed E-state index contributed by atoms with van der Waals surface area (Å²) in [5.74, 6) is 1.00. The third-order valence-corrected chi connectivity index (χ3v) is 5.79. The van der Waals surface area contributed by atoms with Crippen LogP contribution in [0.25, 0.3) is 11.3 Å². The zero-order valence-corrected chi connectivity index (χ0v) is 17.1. The van der Waals surface area contributed by atoms with E-state index in [1.807, 2.05) is 13.0 Å². The SMILES string of the molecule is CCOc1c(OC)cc(-c2nc(SC)[nH]c(=O)c2C#N)c(Br)c1Br. The molecule has 9 heteroatoms. The van der Waals surface area contributed by atoms with E-state index in [9.17, 15) is 10.1 Å². The molecule has 1 aromatic carbocycles. The monoisotopic (exact) mass is 473 g/mol. The van der Waals surface area contributed by atoms with Gasteiger partial charge in [0.15, 0.2) is 16.7 Å². The van der Waals surface area contributed by atoms with Crippen molar-refractivity contribution in [3.63, 3.8) is 0 Å². The molecule has 0 radical (unpaired) electrons. The van der Waals surface area contributed by atoms with Gasteiger partial charge < -0.3 is 14.5 Å². The van der Waals surface area contributed by atoms with Crippen molar-refractivity contribution >= 4 is 43.6 Å². The molecule has 2 aromatic rings. The molecule has 2 rings (SSSR count). The van der Waals surface area contributed by atoms with Gasteiger partial charge in [-0.2, -0.15) is 5.26 Å². The van der Waals surface area contributed by atoms with Gasteiger partial charge in [0.25, 0.3) is 5.56 Å². The van der Waals surface area contributed by atoms with Gasteiger partial charge in [0.1, 0.15) is 11.6 Å². The van der Waals surface area contributed by atoms with Gasteiger partial charge in [0.05, 0.1) is 23.9 Å². The van der Waals surface area contributed by atoms with E-state index in [0.717, 1.165) is 0 Å². The molecule has 1 heterocycles. The number of methoxy groups -OCH3 is 1. The van der Waals surface area contributed by atoms with Crippen LogP contribution in [0.15, 0.2) is 25.0 Å². The molecule has 0 saturated heterocycles. The Morgan fingerprint density at radius 1 is 1.42 bits per heavy atom. The summed E-state index contributed by atoms with van der Waals surface area (Å²) >= 11 is 8.24. The summed E-state index contributed by atoms with van der Waals surface area (Å²) in [5.41, 5.74) is 0.286. The van der Waals surface area contributed by atoms with E-state index < -0.39 is 5.56 Å². The maximum atomic E-state index is 12.1. The van der Waals surface area contributed by atoms with Crippen LogP contribution in [0.1, 0.15) is 12.5 Å². The van der Waals surface area contributed by atoms with Crippen LogP contribution >= 0.6 is 43.6 Å². The van der Waals surface area contributed by atoms with E-state index in [1.54, 1.807) is 12.3 Å². The van der Waals surface area contributed by atoms with Gasteiger partial charge in [-0.1, -0.05) is 11.8 Å². The molecule has 6 nitrogen and oxygen atoms in total. The second-order valence-electron chi connectivity index (χ2n) is 4.43. The molecule has 0 atom stereocenters. The molecule has 0 bridgehead atoms. The van der Waals surface area contributed by atoms with Gasteiger partial charge in [-0.3, -0.25) is 4.79 Å². The van der Waals surface area contributed by atoms with E-state index in [0.29, 0.717) is 37.8 Å². The number of aromatic amines is 1. The van der Waals surface area contributed by atoms with Crippen LogP contribution in [-0.4, -0.2) is 29.9 Å². The van der Waals surface area contributed by atoms with Crippen LogP contribution in [0.5, 0.6) is 11.5 Å². The van der Waals surface area contributed by atoms with Crippen molar-refractivity contribution in [1.82, 2.24) is 9.97 Å². The minimum atomic E-state index is -0.484. The lowest BCUT2D eigenvalue weighted by molar-refractivity contribution is 0.309. The number of hydrogen-bond donors (Lipinski definition) is 1. The second kappa shape index (κ2) is 8.05. The number of aromatic nitrogens is 2. The highest BCUT2D eigenvalue weighted by Crippen LogP contribution is 2.46. The average molecular weight is 475 g/mol. The van der Waals surface area contributed by atoms with Gasteiger partial charge in [0.2, 0.25) is 0 Å². The van der Waals surface area contributed by atoms with Gasteiger partial charge in [0, 0.05) is 10.0 Å². The molecule has 24 heavy (non-hydrogen) atoms. The Bertz CT molecular complexity index is 878. The third-order valence-electron chi connectivity index (χ3n) is 3.09. The normalized spacial score (nSPS) is 10.3. The number of nitriles is 1. The fraction of sp³-hybridized carbons (Fsp3) is 0.267. The zero-order chi connectivity index (χ0) is 17.9. The molecule has 0 fully saturated rings. The van der Waals surface area contributed by atoms with Gasteiger partial charge in [-0.05, 0) is 51.1 Å². The Morgan fingerprint density at radius 3 is 2.67 bits per heavy atom. The summed E-state index contributed by atoms with van der Waals surface area (Å²) in [6.45, 7) is 2.33. The number of nitrogens with one attached hydrogen (secondary N) is 1. The maximum Gasteiger partial charge on any atom is 0.270 e. The quantitative estimate of drug-likeness (QED) is 0.521. The van der Waals surface area contributed by atoms with E-state index in [2.05, 4.69) is 41.8 Å². The predicted molar refractivity (Wildman–Crippen MR) is 99.9 cm³/mol. The van der Waals surface area contributed by atoms with Crippen LogP contribution in [0, 0.1) is 11.3 Å². The highest BCUT2D eigenvalue weighted by molar-refractivity contribution is 9.13. The lowest BCUT2D eigenvalue weighted by Crippen LogP contribution is -2.15. The first-order valence-corrected chi connectivity index (χ1v) is 9.57. The molecule has 0 aliphatic heterocycles. The Labute approximate surface area is 159 Å². The number of H-pyrrole nitrogens is 1. The number of nitrogens with zero attached hydrogens (tertiary/aromatic N) is 2. The van der Waals surface area contributed by atoms with Crippen molar-refractivity contribution in [2.75, 3.05) is 20.0 Å². The summed E-state index contributed by atoms with van der Waals surface area (Å²) in [5, 5.41) is 9.77. The molecule has 0 unspecified atom stereocenters. The van der Waals surface area contributed by atoms with Crippen LogP contribution in [0.3, 0.4) is 0 Å². The Morgan fingerprint density at radius 2 is 2.12 bits per heavy atom. The number of hydrogen-bond acceptors (Lipinski definition) is 6. The predicted octanol–water partition coefficient (Wildman–Crippen LogP) is 3.96. The van der Waals surface area contributed by atoms with Crippen molar-refractivity contribution in [2.24, 2.45) is 0 Å². The van der Waals surface area contributed by atoms with Crippen molar-refractivity contribution in [2.45, 2.75) is 12.1 Å². The Kier molecular flexibility index (Phi) is 6.32. The molecular weight excluding hydrogens is 462 g/mol. The minimum Gasteiger partial charge on any atom is -0.493 e. The first kappa shape index (κ1) is 18.8. The Balaban J connectivity index is 2.83. The molecule has 0 aliphatic rings. The van der Waals surface area contributed by atoms with Crippen molar-refractivity contribution in [3.05, 3.63) is 30.9 Å². The fourth-order valence-electron chi connectivity index (χ4n) is 2.04. The summed E-state index contributed by atoms with van der Waals surface area (Å²) in [7, 11) is 1.52. The Hall–Kier alpha value is -1.50. The number of ether oxygens (including phenoxy) is 2. The van der Waals surface area contributed by atoms with E-state index in [-0.39, 0.29) is 11.3 Å². The second-order valence-corrected chi connectivity index (χ2v) is 6.81. The number of halogens is 2. The third kappa shape index (κ3) is 3.45. The van der Waals surface area contributed by atoms with Crippen LogP contribution in [0.4, 0.5) is 0 Å². The molecule has 126 valence electrons. The number of rotatable bonds is 5. The lowest BCUT2D eigenvalue weighted by atomic mass is 10.1. The van der Waals surface area contributed by atoms with Gasteiger partial charge in [-0.15, -0.1) is 0 Å². The topological polar surface area (TPSA) is 88.0 Å². The number of benzene rings is 1. The highest BCUT2D eigenvalue weighted by atomic mass is 79.9. The maximum absolute atomic E-state index is 12.1. The molecule has 0 amide bonds. The van der Waals surface area contributed by atoms with Gasteiger partial charge >= 0.3 is 0 Å². The summed E-state index contributed by atoms with van der Waals surface area (Å²) in [6.07, 6.45) is 1.79. The van der Waals surface area contributed by atoms with E-state index >= 15 is 0 Å². The molecule has 1 aromatic heterocycles. The number of thioether (sulfide) groups is 1. The summed E-state index contributed by atoms with van der Waals surface area (Å²) in [4.78, 5) is 19.1. The largest absolute Gasteiger partial charge is 0.493 e. The van der Waals surface area contributed by atoms with Crippen LogP contribution < -0.4 is 15.0 Å². The molecular formula is C15H13Br2N3O3S. The molecule has 0 aliphatic carbocycles. The zero-order valence-electron chi connectivity index (χ0n) is 13.1. The van der Waals surface area contributed by atoms with Gasteiger partial charge in [-0.25, -0.2) is 4.98 Å². The van der Waals surface area contributed by atoms with Crippen molar-refractivity contribution < 1.29 is 9.47 Å².